The number of rotatable bonds is 8. The van der Waals surface area contributed by atoms with Crippen molar-refractivity contribution < 1.29 is 18.3 Å². The van der Waals surface area contributed by atoms with Gasteiger partial charge in [0.1, 0.15) is 6.61 Å². The van der Waals surface area contributed by atoms with Crippen LogP contribution in [-0.4, -0.2) is 70.7 Å². The fourth-order valence-electron chi connectivity index (χ4n) is 5.49. The highest BCUT2D eigenvalue weighted by Crippen LogP contribution is 2.43. The van der Waals surface area contributed by atoms with E-state index in [0.29, 0.717) is 75.5 Å². The maximum atomic E-state index is 12.4. The first-order valence-corrected chi connectivity index (χ1v) is 16.4. The molecule has 43 heavy (non-hydrogen) atoms. The summed E-state index contributed by atoms with van der Waals surface area (Å²) in [6, 6.07) is 22.2. The molecule has 1 fully saturated rings. The summed E-state index contributed by atoms with van der Waals surface area (Å²) in [5, 5.41) is 14.1. The average molecular weight is 638 g/mol. The predicted molar refractivity (Wildman–Crippen MR) is 170 cm³/mol. The van der Waals surface area contributed by atoms with Gasteiger partial charge in [0, 0.05) is 37.1 Å². The number of aryl methyl sites for hydroxylation is 1. The van der Waals surface area contributed by atoms with Crippen molar-refractivity contribution in [3.8, 4) is 17.0 Å². The molecule has 1 aliphatic rings. The van der Waals surface area contributed by atoms with Gasteiger partial charge in [0.05, 0.1) is 45.8 Å². The molecule has 11 heteroatoms. The maximum absolute atomic E-state index is 12.4. The van der Waals surface area contributed by atoms with Gasteiger partial charge in [0.15, 0.2) is 15.4 Å². The second-order valence-corrected chi connectivity index (χ2v) is 13.8. The number of aliphatic hydroxyl groups is 1. The van der Waals surface area contributed by atoms with Gasteiger partial charge in [-0.2, -0.15) is 0 Å². The van der Waals surface area contributed by atoms with Crippen molar-refractivity contribution in [3.63, 3.8) is 0 Å². The molecule has 1 atom stereocenters. The van der Waals surface area contributed by atoms with Crippen LogP contribution in [0.4, 0.5) is 0 Å². The molecule has 8 nitrogen and oxygen atoms in total. The highest BCUT2D eigenvalue weighted by molar-refractivity contribution is 7.91. The molecule has 3 heterocycles. The lowest BCUT2D eigenvalue weighted by atomic mass is 9.83. The van der Waals surface area contributed by atoms with E-state index < -0.39 is 15.4 Å². The van der Waals surface area contributed by atoms with Crippen molar-refractivity contribution in [2.45, 2.75) is 5.60 Å². The van der Waals surface area contributed by atoms with Crippen molar-refractivity contribution in [3.05, 3.63) is 112 Å². The van der Waals surface area contributed by atoms with Crippen LogP contribution in [0.5, 0.6) is 5.88 Å². The monoisotopic (exact) mass is 636 g/mol. The lowest BCUT2D eigenvalue weighted by Crippen LogP contribution is -2.42. The molecule has 0 aliphatic carbocycles. The lowest BCUT2D eigenvalue weighted by Gasteiger charge is -2.30. The van der Waals surface area contributed by atoms with Crippen LogP contribution < -0.4 is 4.74 Å². The summed E-state index contributed by atoms with van der Waals surface area (Å²) in [5.41, 5.74) is 2.31. The first kappa shape index (κ1) is 29.6. The Balaban J connectivity index is 1.42. The Bertz CT molecular complexity index is 1870. The Hall–Kier alpha value is -3.47. The van der Waals surface area contributed by atoms with E-state index in [4.69, 9.17) is 32.9 Å². The highest BCUT2D eigenvalue weighted by Gasteiger charge is 2.37. The quantitative estimate of drug-likeness (QED) is 0.246. The van der Waals surface area contributed by atoms with E-state index >= 15 is 0 Å². The van der Waals surface area contributed by atoms with Crippen LogP contribution in [0.15, 0.2) is 85.3 Å². The Morgan fingerprint density at radius 3 is 2.35 bits per heavy atom. The van der Waals surface area contributed by atoms with Gasteiger partial charge in [0.25, 0.3) is 0 Å². The van der Waals surface area contributed by atoms with Gasteiger partial charge in [0.2, 0.25) is 5.88 Å². The third-order valence-electron chi connectivity index (χ3n) is 7.90. The molecule has 1 N–H and O–H groups in total. The Labute approximate surface area is 260 Å². The van der Waals surface area contributed by atoms with Crippen LogP contribution >= 0.6 is 23.2 Å². The molecular formula is C32H30Cl2N4O4S. The van der Waals surface area contributed by atoms with E-state index in [2.05, 4.69) is 9.88 Å². The van der Waals surface area contributed by atoms with Crippen molar-refractivity contribution in [2.24, 2.45) is 7.05 Å². The number of hydrogen-bond donors (Lipinski definition) is 1. The molecule has 1 saturated heterocycles. The Morgan fingerprint density at radius 1 is 0.977 bits per heavy atom. The molecule has 1 aliphatic heterocycles. The zero-order valence-corrected chi connectivity index (χ0v) is 25.8. The molecule has 6 rings (SSSR count). The fraction of sp³-hybridized carbons (Fsp3) is 0.250. The minimum Gasteiger partial charge on any atom is -0.476 e. The Morgan fingerprint density at radius 2 is 1.67 bits per heavy atom. The SMILES string of the molecule is Cn1cncc1C(O)(c1ccc(Cl)cc1)c1ccc2nc(OCCN3CCS(=O)(=O)CC3)c(-c3ccccc3)c(Cl)c2c1. The summed E-state index contributed by atoms with van der Waals surface area (Å²) in [7, 11) is -1.13. The fourth-order valence-corrected chi connectivity index (χ4v) is 7.24. The van der Waals surface area contributed by atoms with E-state index in [0.717, 1.165) is 5.56 Å². The molecule has 0 amide bonds. The summed E-state index contributed by atoms with van der Waals surface area (Å²) < 4.78 is 31.6. The molecule has 1 unspecified atom stereocenters. The number of imidazole rings is 1. The number of halogens is 2. The summed E-state index contributed by atoms with van der Waals surface area (Å²) >= 11 is 13.4. The topological polar surface area (TPSA) is 97.6 Å². The number of fused-ring (bicyclic) bond motifs is 1. The third-order valence-corrected chi connectivity index (χ3v) is 10.2. The maximum Gasteiger partial charge on any atom is 0.223 e. The number of pyridine rings is 1. The Kier molecular flexibility index (Phi) is 8.19. The number of hydrogen-bond acceptors (Lipinski definition) is 7. The lowest BCUT2D eigenvalue weighted by molar-refractivity contribution is 0.117. The summed E-state index contributed by atoms with van der Waals surface area (Å²) in [4.78, 5) is 11.2. The summed E-state index contributed by atoms with van der Waals surface area (Å²) in [6.07, 6.45) is 3.29. The van der Waals surface area contributed by atoms with E-state index in [9.17, 15) is 13.5 Å². The second-order valence-electron chi connectivity index (χ2n) is 10.7. The van der Waals surface area contributed by atoms with Crippen LogP contribution in [-0.2, 0) is 22.5 Å². The molecule has 0 spiro atoms. The van der Waals surface area contributed by atoms with Crippen molar-refractivity contribution in [2.75, 3.05) is 37.7 Å². The first-order chi connectivity index (χ1) is 20.7. The van der Waals surface area contributed by atoms with Crippen LogP contribution in [0.2, 0.25) is 10.0 Å². The van der Waals surface area contributed by atoms with E-state index in [1.165, 1.54) is 0 Å². The van der Waals surface area contributed by atoms with Gasteiger partial charge in [-0.05, 0) is 41.0 Å². The number of sulfone groups is 1. The first-order valence-electron chi connectivity index (χ1n) is 13.9. The van der Waals surface area contributed by atoms with Gasteiger partial charge in [-0.25, -0.2) is 18.4 Å². The molecule has 5 aromatic rings. The van der Waals surface area contributed by atoms with Gasteiger partial charge < -0.3 is 14.4 Å². The van der Waals surface area contributed by atoms with Crippen molar-refractivity contribution in [1.29, 1.82) is 0 Å². The zero-order chi connectivity index (χ0) is 30.2. The van der Waals surface area contributed by atoms with Gasteiger partial charge in [-0.15, -0.1) is 0 Å². The van der Waals surface area contributed by atoms with E-state index in [1.807, 2.05) is 55.6 Å². The van der Waals surface area contributed by atoms with Crippen LogP contribution in [0.3, 0.4) is 0 Å². The summed E-state index contributed by atoms with van der Waals surface area (Å²) in [6.45, 7) is 1.86. The smallest absolute Gasteiger partial charge is 0.223 e. The van der Waals surface area contributed by atoms with Gasteiger partial charge in [-0.1, -0.05) is 71.7 Å². The minimum absolute atomic E-state index is 0.159. The molecule has 0 radical (unpaired) electrons. The van der Waals surface area contributed by atoms with Crippen molar-refractivity contribution >= 4 is 43.9 Å². The van der Waals surface area contributed by atoms with Crippen LogP contribution in [0.1, 0.15) is 16.8 Å². The zero-order valence-electron chi connectivity index (χ0n) is 23.5. The molecule has 222 valence electrons. The average Bonchev–Trinajstić information content (AvgIpc) is 3.44. The predicted octanol–water partition coefficient (Wildman–Crippen LogP) is 5.34. The largest absolute Gasteiger partial charge is 0.476 e. The van der Waals surface area contributed by atoms with E-state index in [-0.39, 0.29) is 11.5 Å². The number of nitrogens with zero attached hydrogens (tertiary/aromatic N) is 4. The molecule has 3 aromatic carbocycles. The molecular weight excluding hydrogens is 607 g/mol. The molecule has 0 bridgehead atoms. The minimum atomic E-state index is -2.96. The third kappa shape index (κ3) is 5.88. The van der Waals surface area contributed by atoms with Gasteiger partial charge in [-0.3, -0.25) is 4.90 Å². The van der Waals surface area contributed by atoms with Crippen molar-refractivity contribution in [1.82, 2.24) is 19.4 Å². The molecule has 0 saturated carbocycles. The van der Waals surface area contributed by atoms with Crippen LogP contribution in [0.25, 0.3) is 22.0 Å². The number of benzene rings is 3. The molecule has 2 aromatic heterocycles. The summed E-state index contributed by atoms with van der Waals surface area (Å²) in [5.74, 6) is 0.707. The van der Waals surface area contributed by atoms with E-state index in [1.54, 1.807) is 41.4 Å². The normalized spacial score (nSPS) is 16.7. The number of ether oxygens (including phenoxy) is 1. The second kappa shape index (κ2) is 11.9. The standard InChI is InChI=1S/C32H30Cl2N4O4S/c1-37-21-35-20-28(37)32(39,23-7-10-25(33)11-8-23)24-9-12-27-26(19-24)30(34)29(22-5-3-2-4-6-22)31(36-27)42-16-13-38-14-17-43(40,41)18-15-38/h2-12,19-21,39H,13-18H2,1H3. The van der Waals surface area contributed by atoms with Crippen LogP contribution in [0, 0.1) is 0 Å². The highest BCUT2D eigenvalue weighted by atomic mass is 35.5. The van der Waals surface area contributed by atoms with Gasteiger partial charge >= 0.3 is 0 Å². The number of aromatic nitrogens is 3.